The highest BCUT2D eigenvalue weighted by Gasteiger charge is 2.09. The number of para-hydroxylation sites is 1. The number of aryl methyl sites for hydroxylation is 2. The average molecular weight is 289 g/mol. The monoisotopic (exact) mass is 289 g/mol. The average Bonchev–Trinajstić information content (AvgIpc) is 2.56. The summed E-state index contributed by atoms with van der Waals surface area (Å²) in [7, 11) is 0. The van der Waals surface area contributed by atoms with Crippen LogP contribution in [0.2, 0.25) is 0 Å². The molecule has 1 heteroatoms. The lowest BCUT2D eigenvalue weighted by molar-refractivity contribution is 0.719. The molecule has 112 valence electrons. The van der Waals surface area contributed by atoms with Crippen LogP contribution < -0.4 is 0 Å². The van der Waals surface area contributed by atoms with Crippen molar-refractivity contribution < 1.29 is 0 Å². The van der Waals surface area contributed by atoms with Crippen molar-refractivity contribution in [3.05, 3.63) is 65.7 Å². The van der Waals surface area contributed by atoms with E-state index in [1.165, 1.54) is 41.3 Å². The van der Waals surface area contributed by atoms with E-state index in [9.17, 15) is 0 Å². The van der Waals surface area contributed by atoms with Gasteiger partial charge in [-0.2, -0.15) is 0 Å². The van der Waals surface area contributed by atoms with Crippen LogP contribution in [-0.4, -0.2) is 4.98 Å². The van der Waals surface area contributed by atoms with Gasteiger partial charge in [0, 0.05) is 10.9 Å². The molecule has 1 nitrogen and oxygen atoms in total. The summed E-state index contributed by atoms with van der Waals surface area (Å²) < 4.78 is 0. The van der Waals surface area contributed by atoms with E-state index >= 15 is 0 Å². The third kappa shape index (κ3) is 3.04. The maximum Gasteiger partial charge on any atom is 0.0741 e. The van der Waals surface area contributed by atoms with E-state index in [0.29, 0.717) is 0 Å². The lowest BCUT2D eigenvalue weighted by Crippen LogP contribution is -1.95. The number of unbranched alkanes of at least 4 members (excludes halogenated alkanes) is 2. The molecule has 0 saturated heterocycles. The van der Waals surface area contributed by atoms with E-state index in [2.05, 4.69) is 68.4 Å². The maximum absolute atomic E-state index is 4.93. The van der Waals surface area contributed by atoms with Gasteiger partial charge in [-0.1, -0.05) is 68.3 Å². The van der Waals surface area contributed by atoms with Crippen LogP contribution in [0.1, 0.15) is 37.3 Å². The second kappa shape index (κ2) is 6.74. The van der Waals surface area contributed by atoms with Crippen LogP contribution >= 0.6 is 0 Å². The minimum absolute atomic E-state index is 1.09. The van der Waals surface area contributed by atoms with Gasteiger partial charge >= 0.3 is 0 Å². The topological polar surface area (TPSA) is 12.9 Å². The number of rotatable bonds is 5. The van der Waals surface area contributed by atoms with Crippen LogP contribution in [-0.2, 0) is 6.42 Å². The Bertz CT molecular complexity index is 759. The van der Waals surface area contributed by atoms with E-state index in [1.54, 1.807) is 0 Å². The Morgan fingerprint density at radius 3 is 2.50 bits per heavy atom. The van der Waals surface area contributed by atoms with Crippen molar-refractivity contribution in [1.82, 2.24) is 4.98 Å². The largest absolute Gasteiger partial charge is 0.247 e. The SMILES string of the molecule is CCCCCc1cc(-c2ccccc2)nc2c(C)cccc12. The Morgan fingerprint density at radius 1 is 0.909 bits per heavy atom. The molecule has 0 atom stereocenters. The van der Waals surface area contributed by atoms with Crippen molar-refractivity contribution in [3.63, 3.8) is 0 Å². The summed E-state index contributed by atoms with van der Waals surface area (Å²) in [6, 6.07) is 19.3. The number of pyridine rings is 1. The molecule has 0 saturated carbocycles. The molecular formula is C21H23N. The fourth-order valence-corrected chi connectivity index (χ4v) is 2.99. The van der Waals surface area contributed by atoms with Crippen molar-refractivity contribution in [3.8, 4) is 11.3 Å². The minimum atomic E-state index is 1.09. The first-order valence-electron chi connectivity index (χ1n) is 8.24. The maximum atomic E-state index is 4.93. The predicted molar refractivity (Wildman–Crippen MR) is 95.1 cm³/mol. The molecular weight excluding hydrogens is 266 g/mol. The summed E-state index contributed by atoms with van der Waals surface area (Å²) in [4.78, 5) is 4.93. The Labute approximate surface area is 133 Å². The lowest BCUT2D eigenvalue weighted by atomic mass is 9.98. The molecule has 1 heterocycles. The summed E-state index contributed by atoms with van der Waals surface area (Å²) in [6.07, 6.45) is 4.93. The second-order valence-corrected chi connectivity index (χ2v) is 5.96. The number of benzene rings is 2. The lowest BCUT2D eigenvalue weighted by Gasteiger charge is -2.11. The molecule has 2 aromatic carbocycles. The highest BCUT2D eigenvalue weighted by atomic mass is 14.7. The van der Waals surface area contributed by atoms with Crippen LogP contribution in [0.4, 0.5) is 0 Å². The molecule has 0 aliphatic carbocycles. The molecule has 0 radical (unpaired) electrons. The first-order chi connectivity index (χ1) is 10.8. The van der Waals surface area contributed by atoms with Crippen LogP contribution in [0, 0.1) is 6.92 Å². The van der Waals surface area contributed by atoms with E-state index in [4.69, 9.17) is 4.98 Å². The van der Waals surface area contributed by atoms with Crippen LogP contribution in [0.5, 0.6) is 0 Å². The van der Waals surface area contributed by atoms with Crippen LogP contribution in [0.3, 0.4) is 0 Å². The van der Waals surface area contributed by atoms with Gasteiger partial charge in [0.25, 0.3) is 0 Å². The van der Waals surface area contributed by atoms with Gasteiger partial charge in [-0.05, 0) is 37.0 Å². The zero-order valence-corrected chi connectivity index (χ0v) is 13.5. The van der Waals surface area contributed by atoms with Crippen molar-refractivity contribution in [2.45, 2.75) is 39.5 Å². The van der Waals surface area contributed by atoms with Gasteiger partial charge in [-0.3, -0.25) is 0 Å². The summed E-state index contributed by atoms with van der Waals surface area (Å²) >= 11 is 0. The summed E-state index contributed by atoms with van der Waals surface area (Å²) in [5.41, 5.74) is 6.13. The number of hydrogen-bond acceptors (Lipinski definition) is 1. The third-order valence-corrected chi connectivity index (χ3v) is 4.25. The molecule has 0 amide bonds. The number of hydrogen-bond donors (Lipinski definition) is 0. The fourth-order valence-electron chi connectivity index (χ4n) is 2.99. The molecule has 0 unspecified atom stereocenters. The molecule has 3 rings (SSSR count). The molecule has 0 aliphatic heterocycles. The van der Waals surface area contributed by atoms with Crippen molar-refractivity contribution in [1.29, 1.82) is 0 Å². The minimum Gasteiger partial charge on any atom is -0.247 e. The Hall–Kier alpha value is -2.15. The summed E-state index contributed by atoms with van der Waals surface area (Å²) in [5.74, 6) is 0. The van der Waals surface area contributed by atoms with Gasteiger partial charge in [-0.25, -0.2) is 4.98 Å². The van der Waals surface area contributed by atoms with Crippen molar-refractivity contribution >= 4 is 10.9 Å². The van der Waals surface area contributed by atoms with Gasteiger partial charge in [0.05, 0.1) is 11.2 Å². The summed E-state index contributed by atoms with van der Waals surface area (Å²) in [5, 5.41) is 1.32. The van der Waals surface area contributed by atoms with Crippen molar-refractivity contribution in [2.24, 2.45) is 0 Å². The molecule has 0 N–H and O–H groups in total. The number of fused-ring (bicyclic) bond motifs is 1. The highest BCUT2D eigenvalue weighted by Crippen LogP contribution is 2.27. The molecule has 3 aromatic rings. The fraction of sp³-hybridized carbons (Fsp3) is 0.286. The molecule has 0 fully saturated rings. The Kier molecular flexibility index (Phi) is 4.53. The molecule has 0 aliphatic rings. The van der Waals surface area contributed by atoms with E-state index in [-0.39, 0.29) is 0 Å². The molecule has 1 aromatic heterocycles. The molecule has 0 bridgehead atoms. The van der Waals surface area contributed by atoms with Crippen molar-refractivity contribution in [2.75, 3.05) is 0 Å². The van der Waals surface area contributed by atoms with Crippen LogP contribution in [0.25, 0.3) is 22.2 Å². The van der Waals surface area contributed by atoms with E-state index in [0.717, 1.165) is 17.6 Å². The van der Waals surface area contributed by atoms with Crippen LogP contribution in [0.15, 0.2) is 54.6 Å². The second-order valence-electron chi connectivity index (χ2n) is 5.96. The zero-order valence-electron chi connectivity index (χ0n) is 13.5. The van der Waals surface area contributed by atoms with Gasteiger partial charge < -0.3 is 0 Å². The van der Waals surface area contributed by atoms with E-state index in [1.807, 2.05) is 0 Å². The zero-order chi connectivity index (χ0) is 15.4. The first kappa shape index (κ1) is 14.8. The molecule has 22 heavy (non-hydrogen) atoms. The first-order valence-corrected chi connectivity index (χ1v) is 8.24. The predicted octanol–water partition coefficient (Wildman–Crippen LogP) is 5.94. The smallest absolute Gasteiger partial charge is 0.0741 e. The Balaban J connectivity index is 2.12. The molecule has 0 spiro atoms. The number of nitrogens with zero attached hydrogens (tertiary/aromatic N) is 1. The quantitative estimate of drug-likeness (QED) is 0.529. The Morgan fingerprint density at radius 2 is 1.73 bits per heavy atom. The number of aromatic nitrogens is 1. The third-order valence-electron chi connectivity index (χ3n) is 4.25. The van der Waals surface area contributed by atoms with Gasteiger partial charge in [0.2, 0.25) is 0 Å². The van der Waals surface area contributed by atoms with Gasteiger partial charge in [0.15, 0.2) is 0 Å². The highest BCUT2D eigenvalue weighted by molar-refractivity contribution is 5.87. The standard InChI is InChI=1S/C21H23N/c1-3-4-6-13-18-15-20(17-11-7-5-8-12-17)22-21-16(2)10-9-14-19(18)21/h5,7-12,14-15H,3-4,6,13H2,1-2H3. The van der Waals surface area contributed by atoms with Gasteiger partial charge in [0.1, 0.15) is 0 Å². The normalized spacial score (nSPS) is 11.0. The van der Waals surface area contributed by atoms with E-state index < -0.39 is 0 Å². The summed E-state index contributed by atoms with van der Waals surface area (Å²) in [6.45, 7) is 4.41. The van der Waals surface area contributed by atoms with Gasteiger partial charge in [-0.15, -0.1) is 0 Å².